The van der Waals surface area contributed by atoms with Gasteiger partial charge in [-0.1, -0.05) is 18.2 Å². The first-order valence-electron chi connectivity index (χ1n) is 6.85. The van der Waals surface area contributed by atoms with Crippen LogP contribution < -0.4 is 15.4 Å². The quantitative estimate of drug-likeness (QED) is 0.647. The van der Waals surface area contributed by atoms with E-state index >= 15 is 0 Å². The molecule has 24 heavy (non-hydrogen) atoms. The number of hydrogen-bond acceptors (Lipinski definition) is 6. The fourth-order valence-corrected chi connectivity index (χ4v) is 2.01. The number of carbonyl (C=O) groups excluding carboxylic acids is 2. The van der Waals surface area contributed by atoms with E-state index in [4.69, 9.17) is 17.0 Å². The van der Waals surface area contributed by atoms with Gasteiger partial charge in [0.2, 0.25) is 0 Å². The van der Waals surface area contributed by atoms with E-state index in [1.165, 1.54) is 26.4 Å². The molecule has 0 unspecified atom stereocenters. The number of aromatic nitrogens is 1. The molecule has 0 saturated heterocycles. The number of esters is 1. The van der Waals surface area contributed by atoms with Gasteiger partial charge < -0.3 is 14.8 Å². The molecule has 1 aromatic heterocycles. The number of thiocarbonyl (C=S) groups is 1. The Balaban J connectivity index is 2.11. The average Bonchev–Trinajstić information content (AvgIpc) is 2.61. The maximum Gasteiger partial charge on any atom is 0.356 e. The Labute approximate surface area is 144 Å². The third-order valence-corrected chi connectivity index (χ3v) is 3.14. The Hall–Kier alpha value is -3.00. The SMILES string of the molecule is COC(=O)c1cc(OC)cc(NC(=S)NC(=O)c2ccccc2)n1. The summed E-state index contributed by atoms with van der Waals surface area (Å²) in [6.45, 7) is 0. The van der Waals surface area contributed by atoms with Crippen LogP contribution in [0.25, 0.3) is 0 Å². The van der Waals surface area contributed by atoms with Gasteiger partial charge in [0, 0.05) is 17.7 Å². The van der Waals surface area contributed by atoms with Crippen LogP contribution in [0.3, 0.4) is 0 Å². The van der Waals surface area contributed by atoms with Crippen molar-refractivity contribution in [1.29, 1.82) is 0 Å². The molecule has 0 saturated carbocycles. The van der Waals surface area contributed by atoms with Crippen LogP contribution in [0.4, 0.5) is 5.82 Å². The molecule has 2 rings (SSSR count). The summed E-state index contributed by atoms with van der Waals surface area (Å²) in [5.41, 5.74) is 0.520. The minimum absolute atomic E-state index is 0.0421. The number of ether oxygens (including phenoxy) is 2. The van der Waals surface area contributed by atoms with Crippen molar-refractivity contribution < 1.29 is 19.1 Å². The molecule has 0 aliphatic heterocycles. The van der Waals surface area contributed by atoms with Crippen LogP contribution in [0.5, 0.6) is 5.75 Å². The van der Waals surface area contributed by atoms with Crippen molar-refractivity contribution in [2.45, 2.75) is 0 Å². The van der Waals surface area contributed by atoms with E-state index in [0.29, 0.717) is 11.3 Å². The van der Waals surface area contributed by atoms with E-state index in [0.717, 1.165) is 0 Å². The first kappa shape index (κ1) is 17.4. The molecule has 8 heteroatoms. The Morgan fingerprint density at radius 1 is 1.12 bits per heavy atom. The number of methoxy groups -OCH3 is 2. The van der Waals surface area contributed by atoms with E-state index in [2.05, 4.69) is 20.4 Å². The minimum atomic E-state index is -0.615. The molecule has 0 aliphatic rings. The number of hydrogen-bond donors (Lipinski definition) is 2. The molecule has 0 aliphatic carbocycles. The second kappa shape index (κ2) is 8.02. The first-order chi connectivity index (χ1) is 11.5. The molecule has 1 aromatic carbocycles. The lowest BCUT2D eigenvalue weighted by molar-refractivity contribution is 0.0593. The topological polar surface area (TPSA) is 89.5 Å². The Morgan fingerprint density at radius 2 is 1.83 bits per heavy atom. The van der Waals surface area contributed by atoms with Crippen molar-refractivity contribution in [3.63, 3.8) is 0 Å². The lowest BCUT2D eigenvalue weighted by atomic mass is 10.2. The Kier molecular flexibility index (Phi) is 5.80. The molecule has 0 bridgehead atoms. The summed E-state index contributed by atoms with van der Waals surface area (Å²) >= 11 is 5.09. The van der Waals surface area contributed by atoms with E-state index in [9.17, 15) is 9.59 Å². The zero-order valence-electron chi connectivity index (χ0n) is 13.0. The van der Waals surface area contributed by atoms with Gasteiger partial charge in [0.15, 0.2) is 10.8 Å². The normalized spacial score (nSPS) is 9.75. The summed E-state index contributed by atoms with van der Waals surface area (Å²) in [5, 5.41) is 5.31. The number of pyridine rings is 1. The number of carbonyl (C=O) groups is 2. The number of rotatable bonds is 4. The third-order valence-electron chi connectivity index (χ3n) is 2.93. The highest BCUT2D eigenvalue weighted by atomic mass is 32.1. The van der Waals surface area contributed by atoms with E-state index in [1.807, 2.05) is 6.07 Å². The minimum Gasteiger partial charge on any atom is -0.497 e. The molecule has 2 aromatic rings. The maximum absolute atomic E-state index is 12.0. The molecule has 1 heterocycles. The van der Waals surface area contributed by atoms with E-state index < -0.39 is 5.97 Å². The second-order valence-electron chi connectivity index (χ2n) is 4.54. The summed E-state index contributed by atoms with van der Waals surface area (Å²) in [6.07, 6.45) is 0. The maximum atomic E-state index is 12.0. The molecule has 7 nitrogen and oxygen atoms in total. The van der Waals surface area contributed by atoms with Crippen LogP contribution >= 0.6 is 12.2 Å². The molecule has 0 fully saturated rings. The second-order valence-corrected chi connectivity index (χ2v) is 4.95. The average molecular weight is 345 g/mol. The standard InChI is InChI=1S/C16H15N3O4S/c1-22-11-8-12(15(21)23-2)17-13(9-11)18-16(24)19-14(20)10-6-4-3-5-7-10/h3-9H,1-2H3,(H2,17,18,19,20,24). The van der Waals surface area contributed by atoms with Gasteiger partial charge in [-0.3, -0.25) is 10.1 Å². The van der Waals surface area contributed by atoms with Crippen molar-refractivity contribution in [3.8, 4) is 5.75 Å². The summed E-state index contributed by atoms with van der Waals surface area (Å²) in [4.78, 5) is 27.7. The molecular formula is C16H15N3O4S. The highest BCUT2D eigenvalue weighted by Crippen LogP contribution is 2.18. The van der Waals surface area contributed by atoms with Gasteiger partial charge in [-0.2, -0.15) is 0 Å². The van der Waals surface area contributed by atoms with Crippen LogP contribution in [0.15, 0.2) is 42.5 Å². The summed E-state index contributed by atoms with van der Waals surface area (Å²) < 4.78 is 9.73. The highest BCUT2D eigenvalue weighted by Gasteiger charge is 2.13. The number of anilines is 1. The molecule has 0 radical (unpaired) electrons. The fourth-order valence-electron chi connectivity index (χ4n) is 1.81. The molecule has 2 N–H and O–H groups in total. The van der Waals surface area contributed by atoms with Crippen LogP contribution in [0.2, 0.25) is 0 Å². The first-order valence-corrected chi connectivity index (χ1v) is 7.26. The molecular weight excluding hydrogens is 330 g/mol. The zero-order valence-corrected chi connectivity index (χ0v) is 13.8. The van der Waals surface area contributed by atoms with Crippen LogP contribution in [0, 0.1) is 0 Å². The van der Waals surface area contributed by atoms with Crippen molar-refractivity contribution >= 4 is 35.0 Å². The van der Waals surface area contributed by atoms with E-state index in [1.54, 1.807) is 24.3 Å². The Morgan fingerprint density at radius 3 is 2.46 bits per heavy atom. The molecule has 0 spiro atoms. The number of benzene rings is 1. The molecule has 124 valence electrons. The van der Waals surface area contributed by atoms with Gasteiger partial charge in [-0.15, -0.1) is 0 Å². The number of nitrogens with zero attached hydrogens (tertiary/aromatic N) is 1. The van der Waals surface area contributed by atoms with Crippen molar-refractivity contribution in [2.75, 3.05) is 19.5 Å². The predicted octanol–water partition coefficient (Wildman–Crippen LogP) is 2.00. The van der Waals surface area contributed by atoms with Gasteiger partial charge in [0.1, 0.15) is 11.6 Å². The van der Waals surface area contributed by atoms with Gasteiger partial charge in [0.05, 0.1) is 14.2 Å². The van der Waals surface area contributed by atoms with Crippen molar-refractivity contribution in [1.82, 2.24) is 10.3 Å². The lowest BCUT2D eigenvalue weighted by Gasteiger charge is -2.11. The monoisotopic (exact) mass is 345 g/mol. The highest BCUT2D eigenvalue weighted by molar-refractivity contribution is 7.80. The molecule has 1 amide bonds. The van der Waals surface area contributed by atoms with E-state index in [-0.39, 0.29) is 22.5 Å². The summed E-state index contributed by atoms with van der Waals surface area (Å²) in [7, 11) is 2.71. The number of nitrogens with one attached hydrogen (secondary N) is 2. The largest absolute Gasteiger partial charge is 0.497 e. The summed E-state index contributed by atoms with van der Waals surface area (Å²) in [5.74, 6) is -0.335. The Bertz CT molecular complexity index is 765. The third kappa shape index (κ3) is 4.50. The van der Waals surface area contributed by atoms with Crippen LogP contribution in [-0.4, -0.2) is 36.2 Å². The predicted molar refractivity (Wildman–Crippen MR) is 92.3 cm³/mol. The fraction of sp³-hybridized carbons (Fsp3) is 0.125. The van der Waals surface area contributed by atoms with Gasteiger partial charge in [-0.05, 0) is 24.4 Å². The summed E-state index contributed by atoms with van der Waals surface area (Å²) in [6, 6.07) is 11.6. The van der Waals surface area contributed by atoms with Gasteiger partial charge in [-0.25, -0.2) is 9.78 Å². The van der Waals surface area contributed by atoms with Crippen molar-refractivity contribution in [3.05, 3.63) is 53.7 Å². The van der Waals surface area contributed by atoms with Crippen LogP contribution in [-0.2, 0) is 4.74 Å². The van der Waals surface area contributed by atoms with Gasteiger partial charge in [0.25, 0.3) is 5.91 Å². The number of amides is 1. The molecule has 0 atom stereocenters. The zero-order chi connectivity index (χ0) is 17.5. The van der Waals surface area contributed by atoms with Crippen molar-refractivity contribution in [2.24, 2.45) is 0 Å². The smallest absolute Gasteiger partial charge is 0.356 e. The van der Waals surface area contributed by atoms with Crippen LogP contribution in [0.1, 0.15) is 20.8 Å². The van der Waals surface area contributed by atoms with Gasteiger partial charge >= 0.3 is 5.97 Å². The lowest BCUT2D eigenvalue weighted by Crippen LogP contribution is -2.34.